The molecule has 136 valence electrons. The maximum absolute atomic E-state index is 12.8. The Labute approximate surface area is 167 Å². The molecule has 3 aromatic rings. The van der Waals surface area contributed by atoms with E-state index < -0.39 is 11.8 Å². The van der Waals surface area contributed by atoms with Crippen LogP contribution < -0.4 is 0 Å². The van der Waals surface area contributed by atoms with Crippen LogP contribution in [0.1, 0.15) is 10.4 Å². The van der Waals surface area contributed by atoms with Gasteiger partial charge in [0.1, 0.15) is 5.82 Å². The molecule has 0 N–H and O–H groups in total. The highest BCUT2D eigenvalue weighted by Gasteiger charge is 2.11. The standard InChI is InChI=1S/C19H12BrFN2O3S/c20-16-6-2-1-5-15(16)17-22-23-19(26-17)27-12-4-3-11-25-18(24)13-7-9-14(21)10-8-13/h1-2,5-10H,11-12H2. The molecule has 0 unspecified atom stereocenters. The molecule has 0 amide bonds. The summed E-state index contributed by atoms with van der Waals surface area (Å²) in [6, 6.07) is 12.7. The van der Waals surface area contributed by atoms with E-state index in [1.807, 2.05) is 24.3 Å². The number of rotatable bonds is 5. The van der Waals surface area contributed by atoms with Crippen LogP contribution in [0.4, 0.5) is 4.39 Å². The van der Waals surface area contributed by atoms with E-state index in [9.17, 15) is 9.18 Å². The summed E-state index contributed by atoms with van der Waals surface area (Å²) < 4.78 is 24.3. The molecule has 0 atom stereocenters. The third kappa shape index (κ3) is 5.42. The van der Waals surface area contributed by atoms with Crippen molar-refractivity contribution < 1.29 is 18.3 Å². The Kier molecular flexibility index (Phi) is 6.63. The normalized spacial score (nSPS) is 10.1. The number of ether oxygens (including phenoxy) is 1. The van der Waals surface area contributed by atoms with Crippen LogP contribution in [0, 0.1) is 17.7 Å². The highest BCUT2D eigenvalue weighted by atomic mass is 79.9. The van der Waals surface area contributed by atoms with Crippen LogP contribution in [-0.4, -0.2) is 28.5 Å². The van der Waals surface area contributed by atoms with Crippen LogP contribution in [0.25, 0.3) is 11.5 Å². The minimum atomic E-state index is -0.549. The Hall–Kier alpha value is -2.63. The summed E-state index contributed by atoms with van der Waals surface area (Å²) >= 11 is 4.73. The Morgan fingerprint density at radius 3 is 2.70 bits per heavy atom. The molecule has 0 saturated carbocycles. The minimum Gasteiger partial charge on any atom is -0.449 e. The van der Waals surface area contributed by atoms with Crippen molar-refractivity contribution in [1.82, 2.24) is 10.2 Å². The molecule has 0 fully saturated rings. The summed E-state index contributed by atoms with van der Waals surface area (Å²) in [5.41, 5.74) is 1.09. The Morgan fingerprint density at radius 2 is 1.93 bits per heavy atom. The lowest BCUT2D eigenvalue weighted by atomic mass is 10.2. The van der Waals surface area contributed by atoms with Gasteiger partial charge < -0.3 is 9.15 Å². The van der Waals surface area contributed by atoms with Crippen molar-refractivity contribution in [1.29, 1.82) is 0 Å². The van der Waals surface area contributed by atoms with Gasteiger partial charge in [-0.15, -0.1) is 10.2 Å². The maximum atomic E-state index is 12.8. The molecule has 0 bridgehead atoms. The molecule has 5 nitrogen and oxygen atoms in total. The minimum absolute atomic E-state index is 0.0528. The maximum Gasteiger partial charge on any atom is 0.339 e. The summed E-state index contributed by atoms with van der Waals surface area (Å²) in [6.07, 6.45) is 0. The third-order valence-corrected chi connectivity index (χ3v) is 4.65. The Morgan fingerprint density at radius 1 is 1.15 bits per heavy atom. The first-order valence-corrected chi connectivity index (χ1v) is 9.51. The molecule has 2 aromatic carbocycles. The average molecular weight is 447 g/mol. The number of hydrogen-bond donors (Lipinski definition) is 0. The Balaban J connectivity index is 1.45. The highest BCUT2D eigenvalue weighted by molar-refractivity contribution is 9.10. The first kappa shape index (κ1) is 19.1. The summed E-state index contributed by atoms with van der Waals surface area (Å²) in [6.45, 7) is -0.0528. The van der Waals surface area contributed by atoms with Crippen LogP contribution in [0.3, 0.4) is 0 Å². The van der Waals surface area contributed by atoms with Crippen molar-refractivity contribution in [3.8, 4) is 23.3 Å². The van der Waals surface area contributed by atoms with E-state index in [2.05, 4.69) is 38.0 Å². The molecule has 0 aliphatic heterocycles. The molecular weight excluding hydrogens is 435 g/mol. The highest BCUT2D eigenvalue weighted by Crippen LogP contribution is 2.28. The second kappa shape index (κ2) is 9.35. The van der Waals surface area contributed by atoms with Crippen LogP contribution in [0.5, 0.6) is 0 Å². The predicted octanol–water partition coefficient (Wildman–Crippen LogP) is 4.59. The van der Waals surface area contributed by atoms with E-state index in [1.165, 1.54) is 36.0 Å². The van der Waals surface area contributed by atoms with Crippen LogP contribution >= 0.6 is 27.7 Å². The van der Waals surface area contributed by atoms with Gasteiger partial charge in [-0.25, -0.2) is 9.18 Å². The Bertz CT molecular complexity index is 996. The van der Waals surface area contributed by atoms with Crippen molar-refractivity contribution in [2.45, 2.75) is 5.22 Å². The van der Waals surface area contributed by atoms with Gasteiger partial charge in [0.05, 0.1) is 16.9 Å². The van der Waals surface area contributed by atoms with Crippen molar-refractivity contribution in [3.05, 3.63) is 64.4 Å². The summed E-state index contributed by atoms with van der Waals surface area (Å²) in [4.78, 5) is 11.7. The van der Waals surface area contributed by atoms with Crippen molar-refractivity contribution >= 4 is 33.7 Å². The number of halogens is 2. The lowest BCUT2D eigenvalue weighted by Gasteiger charge is -2.00. The van der Waals surface area contributed by atoms with Gasteiger partial charge in [-0.3, -0.25) is 0 Å². The van der Waals surface area contributed by atoms with Gasteiger partial charge in [-0.2, -0.15) is 0 Å². The van der Waals surface area contributed by atoms with E-state index in [0.29, 0.717) is 16.9 Å². The number of thioether (sulfide) groups is 1. The lowest BCUT2D eigenvalue weighted by molar-refractivity contribution is 0.0556. The van der Waals surface area contributed by atoms with Gasteiger partial charge in [0.2, 0.25) is 5.89 Å². The zero-order valence-electron chi connectivity index (χ0n) is 13.8. The molecule has 27 heavy (non-hydrogen) atoms. The molecule has 8 heteroatoms. The second-order valence-corrected chi connectivity index (χ2v) is 6.86. The fourth-order valence-corrected chi connectivity index (χ4v) is 2.97. The van der Waals surface area contributed by atoms with E-state index in [1.54, 1.807) is 0 Å². The van der Waals surface area contributed by atoms with E-state index >= 15 is 0 Å². The van der Waals surface area contributed by atoms with Crippen molar-refractivity contribution in [2.75, 3.05) is 12.4 Å². The number of carbonyl (C=O) groups excluding carboxylic acids is 1. The molecule has 0 aliphatic rings. The van der Waals surface area contributed by atoms with E-state index in [4.69, 9.17) is 9.15 Å². The first-order valence-electron chi connectivity index (χ1n) is 7.73. The largest absolute Gasteiger partial charge is 0.449 e. The van der Waals surface area contributed by atoms with E-state index in [0.717, 1.165) is 10.0 Å². The molecule has 1 aromatic heterocycles. The number of aromatic nitrogens is 2. The third-order valence-electron chi connectivity index (χ3n) is 3.26. The number of nitrogens with zero attached hydrogens (tertiary/aromatic N) is 2. The van der Waals surface area contributed by atoms with Gasteiger partial charge in [-0.1, -0.05) is 35.7 Å². The smallest absolute Gasteiger partial charge is 0.339 e. The second-order valence-electron chi connectivity index (χ2n) is 5.08. The van der Waals surface area contributed by atoms with Gasteiger partial charge in [-0.05, 0) is 52.3 Å². The number of esters is 1. The molecule has 0 saturated heterocycles. The van der Waals surface area contributed by atoms with Crippen LogP contribution in [0.15, 0.2) is 62.6 Å². The first-order chi connectivity index (χ1) is 13.1. The topological polar surface area (TPSA) is 65.2 Å². The fraction of sp³-hybridized carbons (Fsp3) is 0.105. The van der Waals surface area contributed by atoms with Gasteiger partial charge in [0.25, 0.3) is 5.22 Å². The molecular formula is C19H12BrFN2O3S. The summed E-state index contributed by atoms with van der Waals surface area (Å²) in [7, 11) is 0. The van der Waals surface area contributed by atoms with Crippen LogP contribution in [0.2, 0.25) is 0 Å². The van der Waals surface area contributed by atoms with Gasteiger partial charge in [0.15, 0.2) is 6.61 Å². The van der Waals surface area contributed by atoms with Crippen molar-refractivity contribution in [2.24, 2.45) is 0 Å². The monoisotopic (exact) mass is 446 g/mol. The SMILES string of the molecule is O=C(OCC#CCSc1nnc(-c2ccccc2Br)o1)c1ccc(F)cc1. The molecule has 0 radical (unpaired) electrons. The zero-order chi connectivity index (χ0) is 19.1. The van der Waals surface area contributed by atoms with Crippen molar-refractivity contribution in [3.63, 3.8) is 0 Å². The van der Waals surface area contributed by atoms with Gasteiger partial charge >= 0.3 is 5.97 Å². The lowest BCUT2D eigenvalue weighted by Crippen LogP contribution is -2.05. The van der Waals surface area contributed by atoms with Gasteiger partial charge in [0, 0.05) is 4.47 Å². The molecule has 0 aliphatic carbocycles. The molecule has 0 spiro atoms. The number of benzene rings is 2. The number of hydrogen-bond acceptors (Lipinski definition) is 6. The predicted molar refractivity (Wildman–Crippen MR) is 103 cm³/mol. The molecule has 1 heterocycles. The summed E-state index contributed by atoms with van der Waals surface area (Å²) in [5, 5.41) is 8.38. The van der Waals surface area contributed by atoms with Crippen LogP contribution in [-0.2, 0) is 4.74 Å². The molecule has 3 rings (SSSR count). The quantitative estimate of drug-likeness (QED) is 0.324. The average Bonchev–Trinajstić information content (AvgIpc) is 3.14. The summed E-state index contributed by atoms with van der Waals surface area (Å²) in [5.74, 6) is 5.45. The van der Waals surface area contributed by atoms with E-state index in [-0.39, 0.29) is 12.2 Å². The zero-order valence-corrected chi connectivity index (χ0v) is 16.2. The number of carbonyl (C=O) groups is 1. The fourth-order valence-electron chi connectivity index (χ4n) is 1.98.